The van der Waals surface area contributed by atoms with Crippen LogP contribution in [-0.4, -0.2) is 15.0 Å². The Morgan fingerprint density at radius 3 is 3.11 bits per heavy atom. The zero-order chi connectivity index (χ0) is 13.2. The molecule has 7 heteroatoms. The van der Waals surface area contributed by atoms with E-state index in [9.17, 15) is 4.79 Å². The number of hydrogen-bond acceptors (Lipinski definition) is 6. The fraction of sp³-hybridized carbons (Fsp3) is 0.0833. The number of aromatic nitrogens is 3. The number of oxazole rings is 1. The number of benzene rings is 1. The zero-order valence-electron chi connectivity index (χ0n) is 9.88. The maximum atomic E-state index is 11.1. The Morgan fingerprint density at radius 2 is 2.32 bits per heavy atom. The number of nitrogens with two attached hydrogens (primary N) is 1. The van der Waals surface area contributed by atoms with Gasteiger partial charge in [0.25, 0.3) is 0 Å². The molecule has 3 aromatic rings. The number of nitrogens with one attached hydrogen (secondary N) is 2. The summed E-state index contributed by atoms with van der Waals surface area (Å²) in [6, 6.07) is 5.15. The molecule has 0 spiro atoms. The van der Waals surface area contributed by atoms with Gasteiger partial charge in [0.2, 0.25) is 0 Å². The summed E-state index contributed by atoms with van der Waals surface area (Å²) >= 11 is 0. The van der Waals surface area contributed by atoms with Crippen LogP contribution in [0.3, 0.4) is 0 Å². The molecule has 0 atom stereocenters. The predicted octanol–water partition coefficient (Wildman–Crippen LogP) is 1.11. The minimum absolute atomic E-state index is 0.440. The number of anilines is 2. The second-order valence-electron chi connectivity index (χ2n) is 4.00. The number of H-pyrrole nitrogens is 1. The normalized spacial score (nSPS) is 10.7. The minimum atomic E-state index is -0.498. The Balaban J connectivity index is 1.88. The molecule has 0 bridgehead atoms. The average Bonchev–Trinajstić information content (AvgIpc) is 2.76. The number of rotatable bonds is 3. The molecule has 0 aliphatic rings. The molecular formula is C12H11N5O2. The standard InChI is InChI=1S/C12H11N5O2/c13-8-3-11-10(17-12(18)19-11)4-9(8)15-5-7-1-2-14-6-16-7/h1-4,6,15H,5,13H2,(H,17,18). The molecular weight excluding hydrogens is 246 g/mol. The summed E-state index contributed by atoms with van der Waals surface area (Å²) < 4.78 is 4.93. The summed E-state index contributed by atoms with van der Waals surface area (Å²) in [6.07, 6.45) is 3.15. The van der Waals surface area contributed by atoms with Crippen molar-refractivity contribution in [1.29, 1.82) is 0 Å². The van der Waals surface area contributed by atoms with E-state index in [1.54, 1.807) is 24.4 Å². The Bertz CT molecular complexity index is 763. The monoisotopic (exact) mass is 257 g/mol. The van der Waals surface area contributed by atoms with Crippen molar-refractivity contribution in [2.24, 2.45) is 0 Å². The molecule has 1 aromatic carbocycles. The molecule has 0 amide bonds. The highest BCUT2D eigenvalue weighted by Crippen LogP contribution is 2.24. The molecule has 96 valence electrons. The average molecular weight is 257 g/mol. The van der Waals surface area contributed by atoms with Gasteiger partial charge in [0.05, 0.1) is 29.1 Å². The van der Waals surface area contributed by atoms with Crippen molar-refractivity contribution in [3.63, 3.8) is 0 Å². The summed E-state index contributed by atoms with van der Waals surface area (Å²) in [7, 11) is 0. The van der Waals surface area contributed by atoms with Crippen LogP contribution in [-0.2, 0) is 6.54 Å². The van der Waals surface area contributed by atoms with Crippen molar-refractivity contribution in [3.8, 4) is 0 Å². The fourth-order valence-electron chi connectivity index (χ4n) is 1.77. The molecule has 0 aliphatic carbocycles. The lowest BCUT2D eigenvalue weighted by molar-refractivity contribution is 0.555. The Labute approximate surface area is 107 Å². The Morgan fingerprint density at radius 1 is 1.42 bits per heavy atom. The molecule has 0 unspecified atom stereocenters. The van der Waals surface area contributed by atoms with Crippen molar-refractivity contribution >= 4 is 22.5 Å². The lowest BCUT2D eigenvalue weighted by atomic mass is 10.2. The topological polar surface area (TPSA) is 110 Å². The highest BCUT2D eigenvalue weighted by Gasteiger charge is 2.06. The first-order valence-electron chi connectivity index (χ1n) is 5.63. The molecule has 7 nitrogen and oxygen atoms in total. The largest absolute Gasteiger partial charge is 0.417 e. The molecule has 0 saturated carbocycles. The van der Waals surface area contributed by atoms with Gasteiger partial charge in [-0.2, -0.15) is 0 Å². The van der Waals surface area contributed by atoms with E-state index in [1.807, 2.05) is 0 Å². The van der Waals surface area contributed by atoms with E-state index in [0.29, 0.717) is 29.0 Å². The van der Waals surface area contributed by atoms with Crippen LogP contribution >= 0.6 is 0 Å². The van der Waals surface area contributed by atoms with Gasteiger partial charge in [-0.15, -0.1) is 0 Å². The zero-order valence-corrected chi connectivity index (χ0v) is 9.88. The van der Waals surface area contributed by atoms with Crippen LogP contribution in [0.5, 0.6) is 0 Å². The van der Waals surface area contributed by atoms with Gasteiger partial charge in [-0.25, -0.2) is 14.8 Å². The molecule has 2 aromatic heterocycles. The molecule has 4 N–H and O–H groups in total. The third-order valence-corrected chi connectivity index (χ3v) is 2.69. The van der Waals surface area contributed by atoms with Gasteiger partial charge in [0.15, 0.2) is 5.58 Å². The first kappa shape index (κ1) is 11.3. The highest BCUT2D eigenvalue weighted by molar-refractivity contribution is 5.85. The highest BCUT2D eigenvalue weighted by atomic mass is 16.4. The lowest BCUT2D eigenvalue weighted by Gasteiger charge is -2.08. The van der Waals surface area contributed by atoms with Crippen molar-refractivity contribution in [3.05, 3.63) is 47.0 Å². The van der Waals surface area contributed by atoms with Gasteiger partial charge < -0.3 is 15.5 Å². The number of hydrogen-bond donors (Lipinski definition) is 3. The van der Waals surface area contributed by atoms with E-state index in [-0.39, 0.29) is 0 Å². The third-order valence-electron chi connectivity index (χ3n) is 2.69. The molecule has 0 saturated heterocycles. The minimum Gasteiger partial charge on any atom is -0.408 e. The van der Waals surface area contributed by atoms with Crippen LogP contribution in [0.25, 0.3) is 11.1 Å². The Hall–Kier alpha value is -2.83. The smallest absolute Gasteiger partial charge is 0.408 e. The van der Waals surface area contributed by atoms with E-state index < -0.39 is 5.76 Å². The molecule has 3 rings (SSSR count). The Kier molecular flexibility index (Phi) is 2.64. The van der Waals surface area contributed by atoms with Crippen LogP contribution < -0.4 is 16.8 Å². The second kappa shape index (κ2) is 4.45. The summed E-state index contributed by atoms with van der Waals surface area (Å²) in [4.78, 5) is 21.6. The number of aromatic amines is 1. The number of fused-ring (bicyclic) bond motifs is 1. The summed E-state index contributed by atoms with van der Waals surface area (Å²) in [6.45, 7) is 0.514. The number of nitrogen functional groups attached to an aromatic ring is 1. The van der Waals surface area contributed by atoms with E-state index in [2.05, 4.69) is 20.3 Å². The van der Waals surface area contributed by atoms with Gasteiger partial charge in [0.1, 0.15) is 6.33 Å². The van der Waals surface area contributed by atoms with E-state index in [0.717, 1.165) is 5.69 Å². The summed E-state index contributed by atoms with van der Waals surface area (Å²) in [5, 5.41) is 3.15. The van der Waals surface area contributed by atoms with E-state index in [1.165, 1.54) is 6.33 Å². The molecule has 0 aliphatic heterocycles. The molecule has 0 radical (unpaired) electrons. The second-order valence-corrected chi connectivity index (χ2v) is 4.00. The third kappa shape index (κ3) is 2.25. The van der Waals surface area contributed by atoms with Crippen molar-refractivity contribution in [2.45, 2.75) is 6.54 Å². The summed E-state index contributed by atoms with van der Waals surface area (Å²) in [5.74, 6) is -0.498. The SMILES string of the molecule is Nc1cc2oc(=O)[nH]c2cc1NCc1ccncn1. The number of nitrogens with zero attached hydrogens (tertiary/aromatic N) is 2. The van der Waals surface area contributed by atoms with Crippen molar-refractivity contribution in [1.82, 2.24) is 15.0 Å². The maximum absolute atomic E-state index is 11.1. The van der Waals surface area contributed by atoms with Gasteiger partial charge in [-0.1, -0.05) is 0 Å². The van der Waals surface area contributed by atoms with Crippen LogP contribution in [0.15, 0.2) is 39.9 Å². The van der Waals surface area contributed by atoms with Crippen LogP contribution in [0.1, 0.15) is 5.69 Å². The molecule has 2 heterocycles. The quantitative estimate of drug-likeness (QED) is 0.606. The van der Waals surface area contributed by atoms with Crippen LogP contribution in [0.4, 0.5) is 11.4 Å². The van der Waals surface area contributed by atoms with Gasteiger partial charge >= 0.3 is 5.76 Å². The van der Waals surface area contributed by atoms with E-state index in [4.69, 9.17) is 10.2 Å². The summed E-state index contributed by atoms with van der Waals surface area (Å²) in [5.41, 5.74) is 8.99. The predicted molar refractivity (Wildman–Crippen MR) is 70.6 cm³/mol. The molecule has 19 heavy (non-hydrogen) atoms. The van der Waals surface area contributed by atoms with Crippen LogP contribution in [0, 0.1) is 0 Å². The van der Waals surface area contributed by atoms with Gasteiger partial charge in [-0.3, -0.25) is 4.98 Å². The van der Waals surface area contributed by atoms with Crippen LogP contribution in [0.2, 0.25) is 0 Å². The van der Waals surface area contributed by atoms with Gasteiger partial charge in [-0.05, 0) is 12.1 Å². The molecule has 0 fully saturated rings. The first-order chi connectivity index (χ1) is 9.22. The van der Waals surface area contributed by atoms with Crippen molar-refractivity contribution in [2.75, 3.05) is 11.1 Å². The first-order valence-corrected chi connectivity index (χ1v) is 5.63. The van der Waals surface area contributed by atoms with E-state index >= 15 is 0 Å². The fourth-order valence-corrected chi connectivity index (χ4v) is 1.77. The maximum Gasteiger partial charge on any atom is 0.417 e. The van der Waals surface area contributed by atoms with Gasteiger partial charge in [0, 0.05) is 12.3 Å². The van der Waals surface area contributed by atoms with Crippen molar-refractivity contribution < 1.29 is 4.42 Å². The lowest BCUT2D eigenvalue weighted by Crippen LogP contribution is -2.04.